The van der Waals surface area contributed by atoms with Crippen LogP contribution >= 0.6 is 0 Å². The Kier molecular flexibility index (Phi) is 8.31. The van der Waals surface area contributed by atoms with E-state index in [4.69, 9.17) is 4.74 Å². The lowest BCUT2D eigenvalue weighted by atomic mass is 9.96. The summed E-state index contributed by atoms with van der Waals surface area (Å²) >= 11 is 0. The molecule has 1 aromatic rings. The molecule has 1 aliphatic heterocycles. The van der Waals surface area contributed by atoms with E-state index < -0.39 is 38.5 Å². The van der Waals surface area contributed by atoms with Gasteiger partial charge in [-0.05, 0) is 84.6 Å². The molecule has 1 heterocycles. The van der Waals surface area contributed by atoms with Gasteiger partial charge in [0.15, 0.2) is 9.84 Å². The molecule has 0 bridgehead atoms. The monoisotopic (exact) mass is 470 g/mol. The van der Waals surface area contributed by atoms with Gasteiger partial charge >= 0.3 is 6.09 Å². The Balaban J connectivity index is 2.09. The third-order valence-electron chi connectivity index (χ3n) is 5.49. The number of sulfone groups is 1. The molecule has 2 atom stereocenters. The highest BCUT2D eigenvalue weighted by atomic mass is 32.2. The lowest BCUT2D eigenvalue weighted by Crippen LogP contribution is -2.50. The zero-order valence-electron chi connectivity index (χ0n) is 19.8. The van der Waals surface area contributed by atoms with Crippen LogP contribution in [-0.4, -0.2) is 66.7 Å². The molecule has 1 fully saturated rings. The van der Waals surface area contributed by atoms with Crippen LogP contribution in [0.1, 0.15) is 54.4 Å². The van der Waals surface area contributed by atoms with E-state index in [0.29, 0.717) is 19.6 Å². The number of halogens is 1. The predicted molar refractivity (Wildman–Crippen MR) is 120 cm³/mol. The summed E-state index contributed by atoms with van der Waals surface area (Å²) in [6.07, 6.45) is 1.15. The first-order valence-electron chi connectivity index (χ1n) is 11.0. The summed E-state index contributed by atoms with van der Waals surface area (Å²) in [5.41, 5.74) is -0.608. The first-order valence-corrected chi connectivity index (χ1v) is 12.5. The van der Waals surface area contributed by atoms with Crippen LogP contribution in [0.3, 0.4) is 0 Å². The van der Waals surface area contributed by atoms with Crippen LogP contribution in [-0.2, 0) is 19.4 Å². The van der Waals surface area contributed by atoms with Crippen LogP contribution in [0.5, 0.6) is 0 Å². The summed E-state index contributed by atoms with van der Waals surface area (Å²) in [6, 6.07) is 4.41. The van der Waals surface area contributed by atoms with Crippen molar-refractivity contribution in [1.82, 2.24) is 9.80 Å². The summed E-state index contributed by atoms with van der Waals surface area (Å²) in [5.74, 6) is -1.00. The van der Waals surface area contributed by atoms with E-state index in [1.54, 1.807) is 9.80 Å². The smallest absolute Gasteiger partial charge is 0.410 e. The van der Waals surface area contributed by atoms with Crippen molar-refractivity contribution >= 4 is 21.8 Å². The zero-order chi connectivity index (χ0) is 24.3. The van der Waals surface area contributed by atoms with E-state index in [0.717, 1.165) is 25.0 Å². The second-order valence-electron chi connectivity index (χ2n) is 9.66. The number of likely N-dealkylation sites (tertiary alicyclic amines) is 1. The van der Waals surface area contributed by atoms with Crippen molar-refractivity contribution < 1.29 is 27.1 Å². The highest BCUT2D eigenvalue weighted by molar-refractivity contribution is 7.92. The molecule has 1 saturated heterocycles. The fourth-order valence-corrected chi connectivity index (χ4v) is 5.07. The topological polar surface area (TPSA) is 84.0 Å². The molecule has 32 heavy (non-hydrogen) atoms. The molecule has 1 aliphatic rings. The van der Waals surface area contributed by atoms with Crippen molar-refractivity contribution in [1.29, 1.82) is 0 Å². The molecule has 0 radical (unpaired) electrons. The maximum Gasteiger partial charge on any atom is 0.410 e. The Labute approximate surface area is 190 Å². The average Bonchev–Trinajstić information content (AvgIpc) is 2.69. The molecular formula is C23H35FN2O5S. The molecule has 0 N–H and O–H groups in total. The summed E-state index contributed by atoms with van der Waals surface area (Å²) in [7, 11) is -3.93. The summed E-state index contributed by atoms with van der Waals surface area (Å²) in [6.45, 7) is 11.9. The number of hydrogen-bond acceptors (Lipinski definition) is 5. The van der Waals surface area contributed by atoms with Crippen LogP contribution in [0.25, 0.3) is 0 Å². The normalized spacial score (nSPS) is 18.4. The number of piperidine rings is 1. The fourth-order valence-electron chi connectivity index (χ4n) is 3.73. The number of carbonyl (C=O) groups excluding carboxylic acids is 2. The van der Waals surface area contributed by atoms with Gasteiger partial charge in [0.2, 0.25) is 5.91 Å². The van der Waals surface area contributed by atoms with Crippen molar-refractivity contribution in [3.8, 4) is 0 Å². The van der Waals surface area contributed by atoms with Gasteiger partial charge in [0, 0.05) is 25.7 Å². The molecule has 180 valence electrons. The van der Waals surface area contributed by atoms with Gasteiger partial charge in [0.1, 0.15) is 16.7 Å². The second kappa shape index (κ2) is 10.2. The number of carbonyl (C=O) groups is 2. The molecular weight excluding hydrogens is 435 g/mol. The first-order chi connectivity index (χ1) is 14.7. The Bertz CT molecular complexity index is 909. The zero-order valence-corrected chi connectivity index (χ0v) is 20.6. The van der Waals surface area contributed by atoms with Crippen molar-refractivity contribution in [2.24, 2.45) is 5.92 Å². The van der Waals surface area contributed by atoms with E-state index in [-0.39, 0.29) is 16.9 Å². The molecule has 2 amide bonds. The molecule has 2 unspecified atom stereocenters. The minimum Gasteiger partial charge on any atom is -0.444 e. The maximum absolute atomic E-state index is 13.2. The lowest BCUT2D eigenvalue weighted by Gasteiger charge is -2.38. The Hall–Kier alpha value is -2.16. The summed E-state index contributed by atoms with van der Waals surface area (Å²) in [5, 5.41) is -1.28. The van der Waals surface area contributed by atoms with Crippen molar-refractivity contribution in [2.45, 2.75) is 76.2 Å². The number of rotatable bonds is 6. The highest BCUT2D eigenvalue weighted by Gasteiger charge is 2.36. The predicted octanol–water partition coefficient (Wildman–Crippen LogP) is 3.87. The van der Waals surface area contributed by atoms with Gasteiger partial charge in [-0.3, -0.25) is 4.79 Å². The molecule has 0 aliphatic carbocycles. The van der Waals surface area contributed by atoms with Crippen molar-refractivity contribution in [3.05, 3.63) is 30.1 Å². The molecule has 9 heteroatoms. The Morgan fingerprint density at radius 3 is 2.31 bits per heavy atom. The second-order valence-corrected chi connectivity index (χ2v) is 11.9. The first kappa shape index (κ1) is 26.1. The van der Waals surface area contributed by atoms with Crippen molar-refractivity contribution in [3.63, 3.8) is 0 Å². The van der Waals surface area contributed by atoms with Gasteiger partial charge in [-0.1, -0.05) is 0 Å². The highest BCUT2D eigenvalue weighted by Crippen LogP contribution is 2.24. The van der Waals surface area contributed by atoms with Crippen LogP contribution in [0, 0.1) is 11.7 Å². The van der Waals surface area contributed by atoms with Gasteiger partial charge in [0.05, 0.1) is 4.90 Å². The van der Waals surface area contributed by atoms with Crippen LogP contribution in [0.2, 0.25) is 0 Å². The van der Waals surface area contributed by atoms with Gasteiger partial charge in [-0.2, -0.15) is 0 Å². The Morgan fingerprint density at radius 1 is 1.19 bits per heavy atom. The van der Waals surface area contributed by atoms with Crippen LogP contribution in [0.4, 0.5) is 9.18 Å². The maximum atomic E-state index is 13.2. The van der Waals surface area contributed by atoms with E-state index in [1.165, 1.54) is 19.1 Å². The minimum absolute atomic E-state index is 0.0170. The molecule has 0 saturated carbocycles. The van der Waals surface area contributed by atoms with Crippen LogP contribution in [0.15, 0.2) is 29.2 Å². The molecule has 2 rings (SSSR count). The molecule has 7 nitrogen and oxygen atoms in total. The Morgan fingerprint density at radius 2 is 1.78 bits per heavy atom. The van der Waals surface area contributed by atoms with Crippen LogP contribution < -0.4 is 0 Å². The number of nitrogens with zero attached hydrogens (tertiary/aromatic N) is 2. The lowest BCUT2D eigenvalue weighted by molar-refractivity contribution is -0.132. The number of benzene rings is 1. The number of amides is 2. The van der Waals surface area contributed by atoms with E-state index >= 15 is 0 Å². The van der Waals surface area contributed by atoms with E-state index in [2.05, 4.69) is 0 Å². The van der Waals surface area contributed by atoms with E-state index in [1.807, 2.05) is 34.6 Å². The van der Waals surface area contributed by atoms with Gasteiger partial charge in [-0.15, -0.1) is 0 Å². The summed E-state index contributed by atoms with van der Waals surface area (Å²) in [4.78, 5) is 28.8. The molecule has 0 aromatic heterocycles. The third-order valence-corrected chi connectivity index (χ3v) is 7.55. The third kappa shape index (κ3) is 6.67. The van der Waals surface area contributed by atoms with Gasteiger partial charge in [0.25, 0.3) is 0 Å². The van der Waals surface area contributed by atoms with Gasteiger partial charge in [-0.25, -0.2) is 17.6 Å². The number of hydrogen-bond donors (Lipinski definition) is 0. The minimum atomic E-state index is -3.93. The van der Waals surface area contributed by atoms with Gasteiger partial charge < -0.3 is 14.5 Å². The fraction of sp³-hybridized carbons (Fsp3) is 0.652. The van der Waals surface area contributed by atoms with E-state index in [9.17, 15) is 22.4 Å². The summed E-state index contributed by atoms with van der Waals surface area (Å²) < 4.78 is 44.4. The molecule has 1 aromatic carbocycles. The average molecular weight is 471 g/mol. The van der Waals surface area contributed by atoms with Crippen molar-refractivity contribution in [2.75, 3.05) is 19.6 Å². The number of ether oxygens (including phenoxy) is 1. The standard InChI is InChI=1S/C23H35FN2O5S/c1-16(2)26(22(28)31-23(4,5)6)15-18-8-7-13-25(14-18)21(27)17(3)32(29,30)20-11-9-19(24)10-12-20/h9-12,16-18H,7-8,13-15H2,1-6H3. The molecule has 0 spiro atoms. The SMILES string of the molecule is CC(C)N(CC1CCCN(C(=O)C(C)S(=O)(=O)c2ccc(F)cc2)C1)C(=O)OC(C)(C)C. The quantitative estimate of drug-likeness (QED) is 0.590. The largest absolute Gasteiger partial charge is 0.444 e.